The number of amides is 1. The summed E-state index contributed by atoms with van der Waals surface area (Å²) in [4.78, 5) is 22.3. The van der Waals surface area contributed by atoms with Crippen molar-refractivity contribution in [2.45, 2.75) is 12.5 Å². The van der Waals surface area contributed by atoms with E-state index in [9.17, 15) is 4.79 Å². The minimum atomic E-state index is 0.0339. The number of nitrogens with one attached hydrogen (secondary N) is 1. The number of carbonyl (C=O) groups excluding carboxylic acids is 1. The number of nitrogens with zero attached hydrogens (tertiary/aromatic N) is 5. The molecule has 0 spiro atoms. The lowest BCUT2D eigenvalue weighted by Crippen LogP contribution is -2.39. The Bertz CT molecular complexity index is 857. The van der Waals surface area contributed by atoms with E-state index >= 15 is 0 Å². The first-order chi connectivity index (χ1) is 11.1. The molecule has 7 heteroatoms. The molecule has 0 aromatic carbocycles. The molecule has 4 rings (SSSR count). The Morgan fingerprint density at radius 2 is 2.26 bits per heavy atom. The van der Waals surface area contributed by atoms with Crippen molar-refractivity contribution in [3.8, 4) is 0 Å². The van der Waals surface area contributed by atoms with Gasteiger partial charge in [0.05, 0.1) is 30.5 Å². The zero-order valence-corrected chi connectivity index (χ0v) is 13.1. The quantitative estimate of drug-likeness (QED) is 0.775. The standard InChI is InChI=1S/C16H18N6O/c1-20-5-3-4-14(20)16(23)22-8-12(11-6-19-21(2)7-11)15-13(9-22)17-10-18-15/h3-7,10,12H,8-9H2,1-2H3,(H,17,18). The van der Waals surface area contributed by atoms with E-state index in [4.69, 9.17) is 0 Å². The van der Waals surface area contributed by atoms with Crippen molar-refractivity contribution in [2.75, 3.05) is 6.54 Å². The van der Waals surface area contributed by atoms with Gasteiger partial charge in [0.15, 0.2) is 0 Å². The monoisotopic (exact) mass is 310 g/mol. The van der Waals surface area contributed by atoms with Gasteiger partial charge in [-0.15, -0.1) is 0 Å². The van der Waals surface area contributed by atoms with Gasteiger partial charge in [-0.05, 0) is 12.1 Å². The maximum atomic E-state index is 12.8. The van der Waals surface area contributed by atoms with Crippen molar-refractivity contribution in [3.63, 3.8) is 0 Å². The fourth-order valence-electron chi connectivity index (χ4n) is 3.20. The van der Waals surface area contributed by atoms with Crippen LogP contribution in [0.3, 0.4) is 0 Å². The molecule has 4 heterocycles. The number of aryl methyl sites for hydroxylation is 2. The van der Waals surface area contributed by atoms with Gasteiger partial charge in [-0.2, -0.15) is 5.10 Å². The minimum Gasteiger partial charge on any atom is -0.347 e. The Morgan fingerprint density at radius 1 is 1.39 bits per heavy atom. The maximum Gasteiger partial charge on any atom is 0.270 e. The Morgan fingerprint density at radius 3 is 2.96 bits per heavy atom. The van der Waals surface area contributed by atoms with Gasteiger partial charge in [-0.25, -0.2) is 4.98 Å². The number of H-pyrrole nitrogens is 1. The molecule has 3 aromatic rings. The molecule has 0 saturated carbocycles. The molecular weight excluding hydrogens is 292 g/mol. The summed E-state index contributed by atoms with van der Waals surface area (Å²) in [6.07, 6.45) is 7.42. The Hall–Kier alpha value is -2.83. The largest absolute Gasteiger partial charge is 0.347 e. The van der Waals surface area contributed by atoms with Crippen LogP contribution in [0.25, 0.3) is 0 Å². The number of hydrogen-bond acceptors (Lipinski definition) is 3. The van der Waals surface area contributed by atoms with Gasteiger partial charge in [-0.3, -0.25) is 9.48 Å². The minimum absolute atomic E-state index is 0.0339. The van der Waals surface area contributed by atoms with Crippen molar-refractivity contribution in [1.82, 2.24) is 29.2 Å². The molecule has 0 bridgehead atoms. The molecule has 1 aliphatic heterocycles. The van der Waals surface area contributed by atoms with Gasteiger partial charge >= 0.3 is 0 Å². The van der Waals surface area contributed by atoms with E-state index in [0.717, 1.165) is 17.0 Å². The first-order valence-electron chi connectivity index (χ1n) is 7.55. The molecule has 7 nitrogen and oxygen atoms in total. The van der Waals surface area contributed by atoms with Crippen LogP contribution >= 0.6 is 0 Å². The predicted molar refractivity (Wildman–Crippen MR) is 83.8 cm³/mol. The second-order valence-corrected chi connectivity index (χ2v) is 5.96. The highest BCUT2D eigenvalue weighted by Gasteiger charge is 2.32. The van der Waals surface area contributed by atoms with Gasteiger partial charge in [0.1, 0.15) is 5.69 Å². The van der Waals surface area contributed by atoms with E-state index in [2.05, 4.69) is 15.1 Å². The first-order valence-corrected chi connectivity index (χ1v) is 7.55. The summed E-state index contributed by atoms with van der Waals surface area (Å²) in [5.74, 6) is 0.0783. The van der Waals surface area contributed by atoms with Crippen molar-refractivity contribution >= 4 is 5.91 Å². The lowest BCUT2D eigenvalue weighted by molar-refractivity contribution is 0.0712. The zero-order valence-electron chi connectivity index (χ0n) is 13.1. The molecule has 0 fully saturated rings. The van der Waals surface area contributed by atoms with Gasteiger partial charge in [-0.1, -0.05) is 0 Å². The van der Waals surface area contributed by atoms with Crippen LogP contribution in [0.15, 0.2) is 37.1 Å². The molecule has 1 unspecified atom stereocenters. The summed E-state index contributed by atoms with van der Waals surface area (Å²) in [7, 11) is 3.78. The van der Waals surface area contributed by atoms with Gasteiger partial charge in [0.25, 0.3) is 5.91 Å². The molecule has 0 aliphatic carbocycles. The van der Waals surface area contributed by atoms with Crippen LogP contribution in [-0.4, -0.2) is 41.7 Å². The van der Waals surface area contributed by atoms with Crippen molar-refractivity contribution in [2.24, 2.45) is 14.1 Å². The number of aromatic nitrogens is 5. The van der Waals surface area contributed by atoms with Crippen LogP contribution in [0.2, 0.25) is 0 Å². The van der Waals surface area contributed by atoms with E-state index in [1.807, 2.05) is 54.3 Å². The Balaban J connectivity index is 1.70. The molecule has 1 N–H and O–H groups in total. The van der Waals surface area contributed by atoms with Crippen LogP contribution < -0.4 is 0 Å². The summed E-state index contributed by atoms with van der Waals surface area (Å²) in [6.45, 7) is 1.16. The van der Waals surface area contributed by atoms with Crippen molar-refractivity contribution in [3.05, 3.63) is 59.7 Å². The third kappa shape index (κ3) is 2.25. The van der Waals surface area contributed by atoms with E-state index < -0.39 is 0 Å². The first kappa shape index (κ1) is 13.8. The maximum absolute atomic E-state index is 12.8. The third-order valence-corrected chi connectivity index (χ3v) is 4.41. The van der Waals surface area contributed by atoms with E-state index in [1.54, 1.807) is 11.0 Å². The smallest absolute Gasteiger partial charge is 0.270 e. The van der Waals surface area contributed by atoms with Crippen LogP contribution in [0.1, 0.15) is 33.4 Å². The number of hydrogen-bond donors (Lipinski definition) is 1. The third-order valence-electron chi connectivity index (χ3n) is 4.41. The number of fused-ring (bicyclic) bond motifs is 1. The molecular formula is C16H18N6O. The molecule has 23 heavy (non-hydrogen) atoms. The van der Waals surface area contributed by atoms with Gasteiger partial charge in [0.2, 0.25) is 0 Å². The lowest BCUT2D eigenvalue weighted by Gasteiger charge is -2.31. The molecule has 0 radical (unpaired) electrons. The summed E-state index contributed by atoms with van der Waals surface area (Å²) < 4.78 is 3.63. The van der Waals surface area contributed by atoms with E-state index in [1.165, 1.54) is 0 Å². The summed E-state index contributed by atoms with van der Waals surface area (Å²) in [5.41, 5.74) is 3.77. The molecule has 118 valence electrons. The molecule has 0 saturated heterocycles. The van der Waals surface area contributed by atoms with Crippen LogP contribution in [0.4, 0.5) is 0 Å². The second-order valence-electron chi connectivity index (χ2n) is 5.96. The highest BCUT2D eigenvalue weighted by Crippen LogP contribution is 2.31. The number of rotatable bonds is 2. The van der Waals surface area contributed by atoms with Crippen molar-refractivity contribution < 1.29 is 4.79 Å². The van der Waals surface area contributed by atoms with Gasteiger partial charge < -0.3 is 14.5 Å². The molecule has 1 amide bonds. The molecule has 1 atom stereocenters. The molecule has 1 aliphatic rings. The topological polar surface area (TPSA) is 71.7 Å². The second kappa shape index (κ2) is 5.12. The summed E-state index contributed by atoms with van der Waals surface area (Å²) >= 11 is 0. The SMILES string of the molecule is Cn1cc(C2CN(C(=O)c3cccn3C)Cc3[nH]cnc32)cn1. The Labute approximate surface area is 133 Å². The lowest BCUT2D eigenvalue weighted by atomic mass is 9.93. The van der Waals surface area contributed by atoms with Crippen molar-refractivity contribution in [1.29, 1.82) is 0 Å². The normalized spacial score (nSPS) is 17.3. The predicted octanol–water partition coefficient (Wildman–Crippen LogP) is 1.27. The number of aromatic amines is 1. The summed E-state index contributed by atoms with van der Waals surface area (Å²) in [6, 6.07) is 3.74. The van der Waals surface area contributed by atoms with Gasteiger partial charge in [0, 0.05) is 44.5 Å². The van der Waals surface area contributed by atoms with Crippen LogP contribution in [0.5, 0.6) is 0 Å². The summed E-state index contributed by atoms with van der Waals surface area (Å²) in [5, 5.41) is 4.25. The zero-order chi connectivity index (χ0) is 16.0. The van der Waals surface area contributed by atoms with Crippen LogP contribution in [-0.2, 0) is 20.6 Å². The fraction of sp³-hybridized carbons (Fsp3) is 0.312. The number of carbonyl (C=O) groups is 1. The fourth-order valence-corrected chi connectivity index (χ4v) is 3.20. The van der Waals surface area contributed by atoms with E-state index in [0.29, 0.717) is 18.8 Å². The molecule has 3 aromatic heterocycles. The van der Waals surface area contributed by atoms with E-state index in [-0.39, 0.29) is 11.8 Å². The number of imidazole rings is 1. The average Bonchev–Trinajstić information content (AvgIpc) is 3.25. The highest BCUT2D eigenvalue weighted by atomic mass is 16.2. The average molecular weight is 310 g/mol. The highest BCUT2D eigenvalue weighted by molar-refractivity contribution is 5.93. The van der Waals surface area contributed by atoms with Crippen LogP contribution in [0, 0.1) is 0 Å². The Kier molecular flexibility index (Phi) is 3.07.